The molecule has 3 rings (SSSR count). The number of amides is 1. The number of benzene rings is 1. The number of aryl methyl sites for hydroxylation is 1. The van der Waals surface area contributed by atoms with E-state index in [1.165, 1.54) is 29.9 Å². The number of nitrogens with zero attached hydrogens (tertiary/aromatic N) is 4. The van der Waals surface area contributed by atoms with Crippen LogP contribution in [0, 0.1) is 12.8 Å². The molecular formula is C21H30N4O2S. The number of carbonyl (C=O) groups is 1. The second-order valence-corrected chi connectivity index (χ2v) is 8.20. The maximum absolute atomic E-state index is 12.8. The van der Waals surface area contributed by atoms with Gasteiger partial charge in [-0.05, 0) is 74.8 Å². The number of methoxy groups -OCH3 is 1. The zero-order valence-corrected chi connectivity index (χ0v) is 17.9. The SMILES string of the molecule is CCN(C[C@H]1CCCN(CCc2cccc(OC)c2)C1)C(=O)c1snnc1C. The normalized spacial score (nSPS) is 17.5. The number of aromatic nitrogens is 2. The van der Waals surface area contributed by atoms with Gasteiger partial charge in [-0.3, -0.25) is 4.79 Å². The fourth-order valence-electron chi connectivity index (χ4n) is 3.86. The minimum absolute atomic E-state index is 0.0727. The first kappa shape index (κ1) is 20.7. The third-order valence-corrected chi connectivity index (χ3v) is 6.26. The van der Waals surface area contributed by atoms with E-state index in [2.05, 4.69) is 26.6 Å². The second kappa shape index (κ2) is 9.98. The van der Waals surface area contributed by atoms with E-state index in [1.54, 1.807) is 7.11 Å². The van der Waals surface area contributed by atoms with Crippen LogP contribution in [0.2, 0.25) is 0 Å². The van der Waals surface area contributed by atoms with Gasteiger partial charge in [-0.25, -0.2) is 0 Å². The van der Waals surface area contributed by atoms with Gasteiger partial charge in [0.05, 0.1) is 12.8 Å². The van der Waals surface area contributed by atoms with Crippen molar-refractivity contribution >= 4 is 17.4 Å². The number of piperidine rings is 1. The summed E-state index contributed by atoms with van der Waals surface area (Å²) in [6, 6.07) is 8.31. The van der Waals surface area contributed by atoms with Gasteiger partial charge in [-0.2, -0.15) is 0 Å². The van der Waals surface area contributed by atoms with Crippen LogP contribution in [-0.2, 0) is 6.42 Å². The Hall–Kier alpha value is -1.99. The highest BCUT2D eigenvalue weighted by molar-refractivity contribution is 7.07. The molecule has 7 heteroatoms. The maximum Gasteiger partial charge on any atom is 0.267 e. The van der Waals surface area contributed by atoms with Crippen molar-refractivity contribution in [2.24, 2.45) is 5.92 Å². The average molecular weight is 403 g/mol. The van der Waals surface area contributed by atoms with Gasteiger partial charge in [0.25, 0.3) is 5.91 Å². The van der Waals surface area contributed by atoms with Gasteiger partial charge in [0, 0.05) is 26.2 Å². The van der Waals surface area contributed by atoms with E-state index in [1.807, 2.05) is 30.9 Å². The molecule has 1 fully saturated rings. The third-order valence-electron chi connectivity index (χ3n) is 5.45. The lowest BCUT2D eigenvalue weighted by molar-refractivity contribution is 0.0694. The number of carbonyl (C=O) groups excluding carboxylic acids is 1. The summed E-state index contributed by atoms with van der Waals surface area (Å²) in [6.07, 6.45) is 3.39. The van der Waals surface area contributed by atoms with Gasteiger partial charge in [-0.15, -0.1) is 5.10 Å². The minimum atomic E-state index is 0.0727. The minimum Gasteiger partial charge on any atom is -0.497 e. The van der Waals surface area contributed by atoms with Crippen molar-refractivity contribution in [3.05, 3.63) is 40.4 Å². The maximum atomic E-state index is 12.8. The molecule has 28 heavy (non-hydrogen) atoms. The Bertz CT molecular complexity index is 779. The van der Waals surface area contributed by atoms with Crippen LogP contribution in [0.1, 0.15) is 40.7 Å². The van der Waals surface area contributed by atoms with E-state index < -0.39 is 0 Å². The Kier molecular flexibility index (Phi) is 7.39. The molecule has 0 spiro atoms. The molecule has 2 heterocycles. The Balaban J connectivity index is 1.53. The Morgan fingerprint density at radius 3 is 3.00 bits per heavy atom. The number of ether oxygens (including phenoxy) is 1. The topological polar surface area (TPSA) is 58.6 Å². The summed E-state index contributed by atoms with van der Waals surface area (Å²) in [5, 5.41) is 3.98. The summed E-state index contributed by atoms with van der Waals surface area (Å²) in [4.78, 5) is 18.0. The molecule has 2 aromatic rings. The molecule has 1 atom stereocenters. The second-order valence-electron chi connectivity index (χ2n) is 7.44. The lowest BCUT2D eigenvalue weighted by Crippen LogP contribution is -2.43. The molecule has 0 radical (unpaired) electrons. The van der Waals surface area contributed by atoms with Crippen molar-refractivity contribution < 1.29 is 9.53 Å². The van der Waals surface area contributed by atoms with Gasteiger partial charge in [-0.1, -0.05) is 16.6 Å². The van der Waals surface area contributed by atoms with Crippen molar-refractivity contribution in [3.63, 3.8) is 0 Å². The highest BCUT2D eigenvalue weighted by atomic mass is 32.1. The lowest BCUT2D eigenvalue weighted by Gasteiger charge is -2.35. The molecule has 0 bridgehead atoms. The molecule has 0 saturated carbocycles. The Labute approximate surface area is 171 Å². The molecule has 0 aliphatic carbocycles. The quantitative estimate of drug-likeness (QED) is 0.678. The van der Waals surface area contributed by atoms with Gasteiger partial charge in [0.15, 0.2) is 0 Å². The largest absolute Gasteiger partial charge is 0.497 e. The molecule has 0 unspecified atom stereocenters. The molecule has 1 aliphatic heterocycles. The third kappa shape index (κ3) is 5.29. The molecule has 1 amide bonds. The van der Waals surface area contributed by atoms with Crippen molar-refractivity contribution in [1.82, 2.24) is 19.4 Å². The monoisotopic (exact) mass is 402 g/mol. The number of hydrogen-bond acceptors (Lipinski definition) is 6. The van der Waals surface area contributed by atoms with E-state index in [-0.39, 0.29) is 5.91 Å². The Morgan fingerprint density at radius 1 is 1.43 bits per heavy atom. The summed E-state index contributed by atoms with van der Waals surface area (Å²) >= 11 is 1.20. The molecule has 1 aromatic heterocycles. The summed E-state index contributed by atoms with van der Waals surface area (Å²) in [5.74, 6) is 1.51. The predicted molar refractivity (Wildman–Crippen MR) is 112 cm³/mol. The summed E-state index contributed by atoms with van der Waals surface area (Å²) < 4.78 is 9.23. The summed E-state index contributed by atoms with van der Waals surface area (Å²) in [6.45, 7) is 8.66. The highest BCUT2D eigenvalue weighted by Gasteiger charge is 2.26. The first-order chi connectivity index (χ1) is 13.6. The van der Waals surface area contributed by atoms with Gasteiger partial charge >= 0.3 is 0 Å². The molecular weight excluding hydrogens is 372 g/mol. The molecule has 1 saturated heterocycles. The van der Waals surface area contributed by atoms with Crippen LogP contribution in [0.25, 0.3) is 0 Å². The molecule has 1 aromatic carbocycles. The van der Waals surface area contributed by atoms with E-state index in [9.17, 15) is 4.79 Å². The van der Waals surface area contributed by atoms with Crippen molar-refractivity contribution in [2.45, 2.75) is 33.1 Å². The number of rotatable bonds is 8. The van der Waals surface area contributed by atoms with Crippen molar-refractivity contribution in [2.75, 3.05) is 39.8 Å². The van der Waals surface area contributed by atoms with Crippen LogP contribution >= 0.6 is 11.5 Å². The van der Waals surface area contributed by atoms with Crippen LogP contribution in [0.5, 0.6) is 5.75 Å². The van der Waals surface area contributed by atoms with Crippen molar-refractivity contribution in [1.29, 1.82) is 0 Å². The van der Waals surface area contributed by atoms with E-state index in [4.69, 9.17) is 4.74 Å². The van der Waals surface area contributed by atoms with E-state index in [0.29, 0.717) is 10.8 Å². The molecule has 0 N–H and O–H groups in total. The number of hydrogen-bond donors (Lipinski definition) is 0. The van der Waals surface area contributed by atoms with E-state index >= 15 is 0 Å². The molecule has 152 valence electrons. The zero-order chi connectivity index (χ0) is 19.9. The fourth-order valence-corrected chi connectivity index (χ4v) is 4.48. The fraction of sp³-hybridized carbons (Fsp3) is 0.571. The summed E-state index contributed by atoms with van der Waals surface area (Å²) in [7, 11) is 1.71. The zero-order valence-electron chi connectivity index (χ0n) is 17.1. The van der Waals surface area contributed by atoms with Gasteiger partial charge < -0.3 is 14.5 Å². The lowest BCUT2D eigenvalue weighted by atomic mass is 9.96. The highest BCUT2D eigenvalue weighted by Crippen LogP contribution is 2.21. The van der Waals surface area contributed by atoms with Crippen LogP contribution in [-0.4, -0.2) is 65.1 Å². The Morgan fingerprint density at radius 2 is 2.29 bits per heavy atom. The van der Waals surface area contributed by atoms with Gasteiger partial charge in [0.1, 0.15) is 10.6 Å². The van der Waals surface area contributed by atoms with Crippen LogP contribution < -0.4 is 4.74 Å². The van der Waals surface area contributed by atoms with Crippen LogP contribution in [0.4, 0.5) is 0 Å². The van der Waals surface area contributed by atoms with Crippen molar-refractivity contribution in [3.8, 4) is 5.75 Å². The smallest absolute Gasteiger partial charge is 0.267 e. The summed E-state index contributed by atoms with van der Waals surface area (Å²) in [5.41, 5.74) is 2.04. The first-order valence-electron chi connectivity index (χ1n) is 10.0. The first-order valence-corrected chi connectivity index (χ1v) is 10.8. The average Bonchev–Trinajstić information content (AvgIpc) is 3.16. The standard InChI is InChI=1S/C21H30N4O2S/c1-4-25(21(26)20-16(2)22-23-28-20)15-18-8-6-11-24(14-18)12-10-17-7-5-9-19(13-17)27-3/h5,7,9,13,18H,4,6,8,10-12,14-15H2,1-3H3/t18-/m0/s1. The molecule has 1 aliphatic rings. The van der Waals surface area contributed by atoms with E-state index in [0.717, 1.165) is 50.6 Å². The van der Waals surface area contributed by atoms with Crippen LogP contribution in [0.15, 0.2) is 24.3 Å². The number of likely N-dealkylation sites (tertiary alicyclic amines) is 1. The molecule has 6 nitrogen and oxygen atoms in total. The van der Waals surface area contributed by atoms with Gasteiger partial charge in [0.2, 0.25) is 0 Å². The van der Waals surface area contributed by atoms with Crippen LogP contribution in [0.3, 0.4) is 0 Å². The predicted octanol–water partition coefficient (Wildman–Crippen LogP) is 3.27.